The van der Waals surface area contributed by atoms with Crippen LogP contribution in [0.1, 0.15) is 51.3 Å². The van der Waals surface area contributed by atoms with Gasteiger partial charge in [-0.2, -0.15) is 0 Å². The molecule has 1 aliphatic carbocycles. The van der Waals surface area contributed by atoms with E-state index in [2.05, 4.69) is 13.8 Å². The van der Waals surface area contributed by atoms with E-state index in [0.717, 1.165) is 41.7 Å². The average molecular weight is 345 g/mol. The van der Waals surface area contributed by atoms with E-state index in [9.17, 15) is 4.79 Å². The monoisotopic (exact) mass is 345 g/mol. The number of aromatic nitrogens is 1. The van der Waals surface area contributed by atoms with Crippen LogP contribution in [0.5, 0.6) is 5.75 Å². The summed E-state index contributed by atoms with van der Waals surface area (Å²) >= 11 is 0. The van der Waals surface area contributed by atoms with E-state index >= 15 is 0 Å². The number of carbonyl (C=O) groups is 1. The molecule has 3 heterocycles. The van der Waals surface area contributed by atoms with Crippen LogP contribution in [0, 0.1) is 0 Å². The highest BCUT2D eigenvalue weighted by Gasteiger charge is 2.56. The van der Waals surface area contributed by atoms with Crippen molar-refractivity contribution in [1.29, 1.82) is 0 Å². The second-order valence-corrected chi connectivity index (χ2v) is 7.50. The molecule has 2 atom stereocenters. The summed E-state index contributed by atoms with van der Waals surface area (Å²) in [6.07, 6.45) is 4.27. The molecule has 0 radical (unpaired) electrons. The maximum Gasteiger partial charge on any atom is 0.303 e. The second kappa shape index (κ2) is 5.46. The Labute approximate surface area is 146 Å². The number of esters is 1. The van der Waals surface area contributed by atoms with Crippen molar-refractivity contribution >= 4 is 17.1 Å². The van der Waals surface area contributed by atoms with Gasteiger partial charge in [-0.1, -0.05) is 0 Å². The van der Waals surface area contributed by atoms with Crippen LogP contribution in [0.4, 0.5) is 0 Å². The number of fused-ring (bicyclic) bond motifs is 3. The number of methoxy groups -OCH3 is 1. The standard InChI is InChI=1S/C19H23NO5/c1-11(21)24-14-6-5-12-15(22-4)13-7-10-23-17(13)20-16(12)19(14)9-8-18(2,3)25-19/h7,10,14H,5-6,8-9H2,1-4H3/t14?,19-/m0/s1. The van der Waals surface area contributed by atoms with Crippen LogP contribution < -0.4 is 4.74 Å². The highest BCUT2D eigenvalue weighted by atomic mass is 16.6. The molecule has 1 aliphatic heterocycles. The molecule has 4 rings (SSSR count). The zero-order chi connectivity index (χ0) is 17.8. The van der Waals surface area contributed by atoms with Gasteiger partial charge in [0.15, 0.2) is 0 Å². The molecule has 1 fully saturated rings. The quantitative estimate of drug-likeness (QED) is 0.776. The molecule has 0 saturated carbocycles. The van der Waals surface area contributed by atoms with Gasteiger partial charge in [0.1, 0.15) is 17.5 Å². The lowest BCUT2D eigenvalue weighted by atomic mass is 9.77. The first-order chi connectivity index (χ1) is 11.9. The maximum absolute atomic E-state index is 11.7. The minimum Gasteiger partial charge on any atom is -0.496 e. The molecule has 134 valence electrons. The van der Waals surface area contributed by atoms with Crippen molar-refractivity contribution in [1.82, 2.24) is 4.98 Å². The number of rotatable bonds is 2. The van der Waals surface area contributed by atoms with Crippen LogP contribution >= 0.6 is 0 Å². The Morgan fingerprint density at radius 1 is 1.36 bits per heavy atom. The van der Waals surface area contributed by atoms with Gasteiger partial charge in [0.25, 0.3) is 0 Å². The topological polar surface area (TPSA) is 70.8 Å². The molecule has 0 N–H and O–H groups in total. The van der Waals surface area contributed by atoms with Crippen molar-refractivity contribution in [3.8, 4) is 5.75 Å². The molecular weight excluding hydrogens is 322 g/mol. The summed E-state index contributed by atoms with van der Waals surface area (Å²) < 4.78 is 23.4. The number of furan rings is 1. The molecule has 1 saturated heterocycles. The Balaban J connectivity index is 1.94. The predicted molar refractivity (Wildman–Crippen MR) is 90.5 cm³/mol. The number of nitrogens with zero attached hydrogens (tertiary/aromatic N) is 1. The highest BCUT2D eigenvalue weighted by Crippen LogP contribution is 2.53. The van der Waals surface area contributed by atoms with E-state index < -0.39 is 5.60 Å². The van der Waals surface area contributed by atoms with Crippen molar-refractivity contribution in [3.05, 3.63) is 23.6 Å². The van der Waals surface area contributed by atoms with Crippen LogP contribution in [0.2, 0.25) is 0 Å². The summed E-state index contributed by atoms with van der Waals surface area (Å²) in [6, 6.07) is 1.87. The molecule has 1 spiro atoms. The Morgan fingerprint density at radius 3 is 2.80 bits per heavy atom. The van der Waals surface area contributed by atoms with Gasteiger partial charge in [-0.15, -0.1) is 0 Å². The largest absolute Gasteiger partial charge is 0.496 e. The summed E-state index contributed by atoms with van der Waals surface area (Å²) in [5, 5.41) is 0.861. The summed E-state index contributed by atoms with van der Waals surface area (Å²) in [5.74, 6) is 0.481. The molecule has 0 aromatic carbocycles. The Kier molecular flexibility index (Phi) is 3.58. The molecule has 2 aromatic rings. The van der Waals surface area contributed by atoms with Gasteiger partial charge in [-0.3, -0.25) is 4.79 Å². The fourth-order valence-corrected chi connectivity index (χ4v) is 4.31. The van der Waals surface area contributed by atoms with E-state index in [1.54, 1.807) is 13.4 Å². The first-order valence-corrected chi connectivity index (χ1v) is 8.68. The van der Waals surface area contributed by atoms with Crippen molar-refractivity contribution < 1.29 is 23.4 Å². The van der Waals surface area contributed by atoms with Gasteiger partial charge in [0.05, 0.1) is 30.1 Å². The average Bonchev–Trinajstić information content (AvgIpc) is 3.13. The Hall–Kier alpha value is -2.08. The van der Waals surface area contributed by atoms with Crippen LogP contribution in [0.15, 0.2) is 16.7 Å². The van der Waals surface area contributed by atoms with Gasteiger partial charge in [0, 0.05) is 12.5 Å². The third-order valence-electron chi connectivity index (χ3n) is 5.31. The van der Waals surface area contributed by atoms with Crippen LogP contribution in [0.3, 0.4) is 0 Å². The number of hydrogen-bond acceptors (Lipinski definition) is 6. The van der Waals surface area contributed by atoms with Crippen LogP contribution in [-0.2, 0) is 26.3 Å². The molecule has 2 aliphatic rings. The third-order valence-corrected chi connectivity index (χ3v) is 5.31. The second-order valence-electron chi connectivity index (χ2n) is 7.50. The van der Waals surface area contributed by atoms with Gasteiger partial charge in [0.2, 0.25) is 5.71 Å². The molecule has 1 unspecified atom stereocenters. The highest BCUT2D eigenvalue weighted by molar-refractivity contribution is 5.83. The summed E-state index contributed by atoms with van der Waals surface area (Å²) in [4.78, 5) is 16.5. The van der Waals surface area contributed by atoms with E-state index in [4.69, 9.17) is 23.6 Å². The van der Waals surface area contributed by atoms with Gasteiger partial charge >= 0.3 is 5.97 Å². The predicted octanol–water partition coefficient (Wildman–Crippen LogP) is 3.50. The van der Waals surface area contributed by atoms with E-state index in [1.165, 1.54) is 6.92 Å². The molecule has 0 bridgehead atoms. The van der Waals surface area contributed by atoms with Crippen molar-refractivity contribution in [3.63, 3.8) is 0 Å². The van der Waals surface area contributed by atoms with Gasteiger partial charge < -0.3 is 18.6 Å². The minimum atomic E-state index is -0.753. The zero-order valence-electron chi connectivity index (χ0n) is 15.0. The first-order valence-electron chi connectivity index (χ1n) is 8.68. The van der Waals surface area contributed by atoms with Crippen molar-refractivity contribution in [2.24, 2.45) is 0 Å². The first kappa shape index (κ1) is 16.4. The normalized spacial score (nSPS) is 27.4. The SMILES string of the molecule is COc1c2c(nc3occc13)[C@]1(CCC(C)(C)O1)C(OC(C)=O)CC2. The summed E-state index contributed by atoms with van der Waals surface area (Å²) in [7, 11) is 1.66. The number of pyridine rings is 1. The molecule has 2 aromatic heterocycles. The number of carbonyl (C=O) groups excluding carboxylic acids is 1. The maximum atomic E-state index is 11.7. The zero-order valence-corrected chi connectivity index (χ0v) is 15.0. The number of hydrogen-bond donors (Lipinski definition) is 0. The van der Waals surface area contributed by atoms with E-state index in [0.29, 0.717) is 12.1 Å². The lowest BCUT2D eigenvalue weighted by molar-refractivity contribution is -0.187. The smallest absolute Gasteiger partial charge is 0.303 e. The van der Waals surface area contributed by atoms with Gasteiger partial charge in [-0.05, 0) is 45.6 Å². The fourth-order valence-electron chi connectivity index (χ4n) is 4.31. The summed E-state index contributed by atoms with van der Waals surface area (Å²) in [5.41, 5.74) is 1.27. The molecule has 25 heavy (non-hydrogen) atoms. The van der Waals surface area contributed by atoms with E-state index in [-0.39, 0.29) is 17.7 Å². The lowest BCUT2D eigenvalue weighted by Gasteiger charge is -2.41. The van der Waals surface area contributed by atoms with Crippen LogP contribution in [0.25, 0.3) is 11.1 Å². The third kappa shape index (κ3) is 2.42. The Bertz CT molecular complexity index is 840. The number of ether oxygens (including phenoxy) is 3. The fraction of sp³-hybridized carbons (Fsp3) is 0.579. The van der Waals surface area contributed by atoms with Crippen molar-refractivity contribution in [2.45, 2.75) is 63.8 Å². The lowest BCUT2D eigenvalue weighted by Crippen LogP contribution is -2.47. The summed E-state index contributed by atoms with van der Waals surface area (Å²) in [6.45, 7) is 5.56. The van der Waals surface area contributed by atoms with E-state index in [1.807, 2.05) is 6.07 Å². The minimum absolute atomic E-state index is 0.299. The molecule has 6 nitrogen and oxygen atoms in total. The Morgan fingerprint density at radius 2 is 2.16 bits per heavy atom. The van der Waals surface area contributed by atoms with Crippen LogP contribution in [-0.4, -0.2) is 29.8 Å². The van der Waals surface area contributed by atoms with Gasteiger partial charge in [-0.25, -0.2) is 4.98 Å². The molecule has 6 heteroatoms. The van der Waals surface area contributed by atoms with Crippen molar-refractivity contribution in [2.75, 3.05) is 7.11 Å². The molecular formula is C19H23NO5. The molecule has 0 amide bonds.